The molecule has 0 amide bonds. The maximum atomic E-state index is 4.00. The number of fused-ring (bicyclic) bond motifs is 2. The van der Waals surface area contributed by atoms with Crippen LogP contribution in [0.5, 0.6) is 0 Å². The summed E-state index contributed by atoms with van der Waals surface area (Å²) in [6.07, 6.45) is 10.7. The topological polar surface area (TPSA) is 12.0 Å². The average Bonchev–Trinajstić information content (AvgIpc) is 2.55. The molecule has 1 heteroatoms. The molecule has 0 bridgehead atoms. The first kappa shape index (κ1) is 21.2. The number of hydrogen-bond acceptors (Lipinski definition) is 1. The van der Waals surface area contributed by atoms with Crippen LogP contribution >= 0.6 is 0 Å². The molecule has 0 fully saturated rings. The fourth-order valence-electron chi connectivity index (χ4n) is 4.47. The van der Waals surface area contributed by atoms with E-state index in [0.29, 0.717) is 0 Å². The summed E-state index contributed by atoms with van der Waals surface area (Å²) < 4.78 is 0. The highest BCUT2D eigenvalue weighted by Crippen LogP contribution is 2.45. The van der Waals surface area contributed by atoms with Gasteiger partial charge in [-0.1, -0.05) is 87.5 Å². The highest BCUT2D eigenvalue weighted by Gasteiger charge is 2.38. The van der Waals surface area contributed by atoms with Gasteiger partial charge in [0.2, 0.25) is 0 Å². The van der Waals surface area contributed by atoms with E-state index in [2.05, 4.69) is 105 Å². The van der Waals surface area contributed by atoms with E-state index in [1.54, 1.807) is 0 Å². The van der Waals surface area contributed by atoms with Crippen molar-refractivity contribution in [2.45, 2.75) is 87.7 Å². The lowest BCUT2D eigenvalue weighted by molar-refractivity contribution is 0.455. The molecule has 0 aromatic carbocycles. The molecule has 3 rings (SSSR count). The van der Waals surface area contributed by atoms with Gasteiger partial charge in [0, 0.05) is 0 Å². The Morgan fingerprint density at radius 1 is 0.893 bits per heavy atom. The van der Waals surface area contributed by atoms with Gasteiger partial charge in [-0.05, 0) is 62.2 Å². The smallest absolute Gasteiger partial charge is 0.0621 e. The first-order chi connectivity index (χ1) is 12.7. The minimum atomic E-state index is 0.109. The molecule has 2 atom stereocenters. The van der Waals surface area contributed by atoms with Gasteiger partial charge in [0.05, 0.1) is 12.1 Å². The largest absolute Gasteiger partial charge is 0.296 e. The summed E-state index contributed by atoms with van der Waals surface area (Å²) in [5.41, 5.74) is 12.5. The molecule has 1 heterocycles. The Morgan fingerprint density at radius 3 is 2.04 bits per heavy atom. The van der Waals surface area contributed by atoms with Gasteiger partial charge in [0.25, 0.3) is 0 Å². The molecule has 0 aromatic rings. The number of allylic oxidation sites excluding steroid dienone is 3. The summed E-state index contributed by atoms with van der Waals surface area (Å²) in [5.74, 6) is 0. The number of rotatable bonds is 1. The van der Waals surface area contributed by atoms with Crippen LogP contribution in [-0.2, 0) is 0 Å². The van der Waals surface area contributed by atoms with Crippen molar-refractivity contribution in [2.75, 3.05) is 0 Å². The molecular weight excluding hydrogens is 338 g/mol. The first-order valence-electron chi connectivity index (χ1n) is 10.9. The Labute approximate surface area is 173 Å². The predicted octanol–water partition coefficient (Wildman–Crippen LogP) is 7.06. The van der Waals surface area contributed by atoms with Crippen LogP contribution in [0.2, 0.25) is 0 Å². The third-order valence-electron chi connectivity index (χ3n) is 6.18. The highest BCUT2D eigenvalue weighted by molar-refractivity contribution is 5.60. The minimum Gasteiger partial charge on any atom is -0.296 e. The molecule has 0 saturated carbocycles. The van der Waals surface area contributed by atoms with E-state index in [0.717, 1.165) is 6.42 Å². The molecule has 2 unspecified atom stereocenters. The van der Waals surface area contributed by atoms with E-state index in [1.807, 2.05) is 0 Å². The Morgan fingerprint density at radius 2 is 1.54 bits per heavy atom. The van der Waals surface area contributed by atoms with Gasteiger partial charge in [-0.3, -0.25) is 5.32 Å². The lowest BCUT2D eigenvalue weighted by atomic mass is 9.68. The maximum Gasteiger partial charge on any atom is 0.0621 e. The molecule has 0 saturated heterocycles. The van der Waals surface area contributed by atoms with Crippen molar-refractivity contribution in [3.63, 3.8) is 0 Å². The highest BCUT2D eigenvalue weighted by atomic mass is 15.0. The van der Waals surface area contributed by atoms with Crippen LogP contribution in [0.4, 0.5) is 0 Å². The van der Waals surface area contributed by atoms with Crippen molar-refractivity contribution in [1.82, 2.24) is 5.32 Å². The Bertz CT molecular complexity index is 857. The van der Waals surface area contributed by atoms with E-state index < -0.39 is 0 Å². The zero-order chi connectivity index (χ0) is 21.1. The Balaban J connectivity index is 2.24. The van der Waals surface area contributed by atoms with Crippen LogP contribution < -0.4 is 5.32 Å². The van der Waals surface area contributed by atoms with Gasteiger partial charge in [0.1, 0.15) is 0 Å². The average molecular weight is 378 g/mol. The molecule has 0 aromatic heterocycles. The monoisotopic (exact) mass is 377 g/mol. The zero-order valence-electron chi connectivity index (χ0n) is 19.7. The normalized spacial score (nSPS) is 25.5. The molecule has 1 aliphatic heterocycles. The van der Waals surface area contributed by atoms with Gasteiger partial charge in [-0.2, -0.15) is 0 Å². The van der Waals surface area contributed by atoms with E-state index in [-0.39, 0.29) is 28.3 Å². The second kappa shape index (κ2) is 6.75. The Kier molecular flexibility index (Phi) is 5.10. The van der Waals surface area contributed by atoms with Gasteiger partial charge >= 0.3 is 0 Å². The van der Waals surface area contributed by atoms with Crippen molar-refractivity contribution in [3.8, 4) is 0 Å². The second-order valence-electron chi connectivity index (χ2n) is 11.6. The molecule has 2 aliphatic carbocycles. The molecule has 28 heavy (non-hydrogen) atoms. The predicted molar refractivity (Wildman–Crippen MR) is 122 cm³/mol. The fourth-order valence-corrected chi connectivity index (χ4v) is 4.47. The van der Waals surface area contributed by atoms with Crippen molar-refractivity contribution >= 4 is 0 Å². The summed E-state index contributed by atoms with van der Waals surface area (Å²) >= 11 is 0. The number of nitrogens with one attached hydrogen (secondary N) is 1. The molecule has 1 N–H and O–H groups in total. The van der Waals surface area contributed by atoms with Crippen molar-refractivity contribution in [1.29, 1.82) is 0 Å². The van der Waals surface area contributed by atoms with Gasteiger partial charge in [0.15, 0.2) is 0 Å². The summed E-state index contributed by atoms with van der Waals surface area (Å²) in [5, 5.41) is 4.00. The standard InChI is InChI=1S/C27H39N/c1-11-17-12-13-21(26(5,6)7)20-16-19-22(27(8,9)10)14-18(25(2,3)4)15-23(19)28-24(17)20/h13-16,23-24,28H,11H2,1-10H3. The minimum absolute atomic E-state index is 0.109. The molecule has 0 spiro atoms. The van der Waals surface area contributed by atoms with Gasteiger partial charge < -0.3 is 0 Å². The molecule has 152 valence electrons. The van der Waals surface area contributed by atoms with Crippen molar-refractivity contribution in [2.24, 2.45) is 16.2 Å². The molecule has 3 aliphatic rings. The molecular formula is C27H39N. The Hall–Kier alpha value is -1.56. The van der Waals surface area contributed by atoms with E-state index in [1.165, 1.54) is 33.4 Å². The SMILES string of the molecule is CCC1=C=CC(C(C)(C)C)=C2C=C3C(C(C)(C)C)=CC(C(C)(C)C)=CC3NC12. The first-order valence-corrected chi connectivity index (χ1v) is 10.9. The number of hydrogen-bond donors (Lipinski definition) is 1. The zero-order valence-corrected chi connectivity index (χ0v) is 19.7. The maximum absolute atomic E-state index is 4.00. The van der Waals surface area contributed by atoms with E-state index in [4.69, 9.17) is 0 Å². The van der Waals surface area contributed by atoms with E-state index in [9.17, 15) is 0 Å². The summed E-state index contributed by atoms with van der Waals surface area (Å²) in [4.78, 5) is 0. The summed E-state index contributed by atoms with van der Waals surface area (Å²) in [6.45, 7) is 23.1. The second-order valence-corrected chi connectivity index (χ2v) is 11.6. The lowest BCUT2D eigenvalue weighted by Crippen LogP contribution is -2.47. The molecule has 0 radical (unpaired) electrons. The summed E-state index contributed by atoms with van der Waals surface area (Å²) in [7, 11) is 0. The van der Waals surface area contributed by atoms with Gasteiger partial charge in [-0.15, -0.1) is 5.73 Å². The van der Waals surface area contributed by atoms with Crippen LogP contribution in [0.1, 0.15) is 75.7 Å². The molecule has 1 nitrogen and oxygen atoms in total. The summed E-state index contributed by atoms with van der Waals surface area (Å²) in [6, 6.07) is 0.541. The fraction of sp³-hybridized carbons (Fsp3) is 0.593. The van der Waals surface area contributed by atoms with Gasteiger partial charge in [-0.25, -0.2) is 0 Å². The third-order valence-corrected chi connectivity index (χ3v) is 6.18. The lowest BCUT2D eigenvalue weighted by Gasteiger charge is -2.43. The van der Waals surface area contributed by atoms with Crippen LogP contribution in [0.25, 0.3) is 0 Å². The van der Waals surface area contributed by atoms with Crippen molar-refractivity contribution < 1.29 is 0 Å². The van der Waals surface area contributed by atoms with Crippen LogP contribution in [0.3, 0.4) is 0 Å². The van der Waals surface area contributed by atoms with E-state index >= 15 is 0 Å². The third kappa shape index (κ3) is 3.80. The van der Waals surface area contributed by atoms with Crippen molar-refractivity contribution in [3.05, 3.63) is 63.5 Å². The van der Waals surface area contributed by atoms with Crippen LogP contribution in [0.15, 0.2) is 63.5 Å². The van der Waals surface area contributed by atoms with Crippen LogP contribution in [-0.4, -0.2) is 12.1 Å². The quantitative estimate of drug-likeness (QED) is 0.482. The van der Waals surface area contributed by atoms with Crippen LogP contribution in [0, 0.1) is 16.2 Å².